The quantitative estimate of drug-likeness (QED) is 0.0484. The lowest BCUT2D eigenvalue weighted by Crippen LogP contribution is -2.50. The summed E-state index contributed by atoms with van der Waals surface area (Å²) in [5, 5.41) is 40.0. The molecule has 248 valence electrons. The number of aliphatic hydroxyl groups is 4. The number of rotatable bonds is 34. The van der Waals surface area contributed by atoms with Crippen LogP contribution in [0.4, 0.5) is 0 Å². The Morgan fingerprint density at radius 3 is 0.976 bits per heavy atom. The molecule has 0 spiro atoms. The van der Waals surface area contributed by atoms with Gasteiger partial charge in [-0.3, -0.25) is 0 Å². The molecule has 0 aromatic rings. The average molecular weight is 586 g/mol. The van der Waals surface area contributed by atoms with Crippen molar-refractivity contribution < 1.29 is 20.4 Å². The van der Waals surface area contributed by atoms with Gasteiger partial charge in [-0.1, -0.05) is 180 Å². The maximum Gasteiger partial charge on any atom is 0.0974 e. The molecule has 0 amide bonds. The van der Waals surface area contributed by atoms with Gasteiger partial charge in [-0.15, -0.1) is 0 Å². The van der Waals surface area contributed by atoms with Crippen molar-refractivity contribution in [3.05, 3.63) is 0 Å². The van der Waals surface area contributed by atoms with Crippen LogP contribution in [0, 0.1) is 0 Å². The second-order valence-corrected chi connectivity index (χ2v) is 13.0. The molecule has 0 radical (unpaired) electrons. The molecule has 0 heterocycles. The highest BCUT2D eigenvalue weighted by molar-refractivity contribution is 4.84. The highest BCUT2D eigenvalue weighted by Crippen LogP contribution is 2.18. The molecule has 0 aromatic carbocycles. The van der Waals surface area contributed by atoms with E-state index in [1.54, 1.807) is 0 Å². The highest BCUT2D eigenvalue weighted by atomic mass is 16.3. The molecule has 0 saturated carbocycles. The van der Waals surface area contributed by atoms with E-state index >= 15 is 0 Å². The van der Waals surface area contributed by atoms with Gasteiger partial charge < -0.3 is 26.2 Å². The van der Waals surface area contributed by atoms with Crippen LogP contribution in [0.5, 0.6) is 0 Å². The van der Waals surface area contributed by atoms with Crippen LogP contribution < -0.4 is 5.73 Å². The van der Waals surface area contributed by atoms with Crippen molar-refractivity contribution in [2.75, 3.05) is 6.61 Å². The summed E-state index contributed by atoms with van der Waals surface area (Å²) in [7, 11) is 0. The van der Waals surface area contributed by atoms with Gasteiger partial charge in [-0.25, -0.2) is 0 Å². The fourth-order valence-electron chi connectivity index (χ4n) is 5.98. The molecule has 5 nitrogen and oxygen atoms in total. The van der Waals surface area contributed by atoms with E-state index in [2.05, 4.69) is 6.92 Å². The zero-order valence-electron chi connectivity index (χ0n) is 27.6. The maximum atomic E-state index is 10.4. The Kier molecular flexibility index (Phi) is 32.5. The largest absolute Gasteiger partial charge is 0.396 e. The first-order chi connectivity index (χ1) is 20.0. The minimum atomic E-state index is -1.05. The third kappa shape index (κ3) is 28.3. The van der Waals surface area contributed by atoms with Crippen LogP contribution in [0.1, 0.15) is 200 Å². The van der Waals surface area contributed by atoms with E-state index in [1.807, 2.05) is 0 Å². The number of hydrogen-bond acceptors (Lipinski definition) is 5. The molecule has 5 heteroatoms. The molecule has 41 heavy (non-hydrogen) atoms. The Hall–Kier alpha value is -0.200. The molecule has 0 aliphatic carbocycles. The van der Waals surface area contributed by atoms with E-state index in [0.29, 0.717) is 19.4 Å². The first kappa shape index (κ1) is 40.8. The van der Waals surface area contributed by atoms with Crippen LogP contribution in [0.15, 0.2) is 0 Å². The lowest BCUT2D eigenvalue weighted by molar-refractivity contribution is -0.0332. The number of hydrogen-bond donors (Lipinski definition) is 5. The van der Waals surface area contributed by atoms with Gasteiger partial charge in [0.1, 0.15) is 0 Å². The van der Waals surface area contributed by atoms with E-state index in [-0.39, 0.29) is 0 Å². The molecule has 0 aliphatic rings. The molecule has 0 fully saturated rings. The average Bonchev–Trinajstić information content (AvgIpc) is 2.98. The summed E-state index contributed by atoms with van der Waals surface area (Å²) in [6.45, 7) is 2.60. The highest BCUT2D eigenvalue weighted by Gasteiger charge is 2.28. The lowest BCUT2D eigenvalue weighted by atomic mass is 9.94. The number of nitrogens with two attached hydrogens (primary N) is 1. The molecule has 0 aromatic heterocycles. The van der Waals surface area contributed by atoms with Crippen molar-refractivity contribution >= 4 is 0 Å². The Labute approximate surface area is 256 Å². The summed E-state index contributed by atoms with van der Waals surface area (Å²) >= 11 is 0. The van der Waals surface area contributed by atoms with E-state index in [9.17, 15) is 15.3 Å². The van der Waals surface area contributed by atoms with Gasteiger partial charge in [0, 0.05) is 6.61 Å². The van der Waals surface area contributed by atoms with E-state index < -0.39 is 24.4 Å². The van der Waals surface area contributed by atoms with Crippen molar-refractivity contribution in [2.45, 2.75) is 224 Å². The van der Waals surface area contributed by atoms with Crippen LogP contribution in [0.2, 0.25) is 0 Å². The van der Waals surface area contributed by atoms with Crippen LogP contribution >= 0.6 is 0 Å². The predicted molar refractivity (Wildman–Crippen MR) is 177 cm³/mol. The summed E-state index contributed by atoms with van der Waals surface area (Å²) in [6, 6.07) is -0.770. The van der Waals surface area contributed by atoms with Crippen molar-refractivity contribution in [1.82, 2.24) is 0 Å². The molecule has 4 atom stereocenters. The summed E-state index contributed by atoms with van der Waals surface area (Å²) in [6.07, 6.45) is 33.9. The SMILES string of the molecule is CCCCCCCCCCCCCC[C@@H](O)[C@@H](O)[C@@H](N)C(O)CCCCCCCCCCCCCCCCCCO. The number of unbranched alkanes of at least 4 members (excludes halogenated alkanes) is 26. The van der Waals surface area contributed by atoms with E-state index in [4.69, 9.17) is 10.8 Å². The van der Waals surface area contributed by atoms with E-state index in [1.165, 1.54) is 148 Å². The molecule has 0 bridgehead atoms. The molecular weight excluding hydrogens is 510 g/mol. The second-order valence-electron chi connectivity index (χ2n) is 13.0. The Bertz CT molecular complexity index is 492. The molecular formula is C36H75NO4. The topological polar surface area (TPSA) is 107 Å². The minimum absolute atomic E-state index is 0.341. The third-order valence-corrected chi connectivity index (χ3v) is 8.99. The zero-order valence-corrected chi connectivity index (χ0v) is 27.6. The van der Waals surface area contributed by atoms with Crippen LogP contribution in [-0.2, 0) is 0 Å². The molecule has 0 aliphatic heterocycles. The Morgan fingerprint density at radius 2 is 0.659 bits per heavy atom. The zero-order chi connectivity index (χ0) is 30.2. The van der Waals surface area contributed by atoms with Gasteiger partial charge in [0.25, 0.3) is 0 Å². The van der Waals surface area contributed by atoms with Gasteiger partial charge in [0.15, 0.2) is 0 Å². The molecule has 6 N–H and O–H groups in total. The first-order valence-electron chi connectivity index (χ1n) is 18.4. The van der Waals surface area contributed by atoms with Gasteiger partial charge in [-0.2, -0.15) is 0 Å². The van der Waals surface area contributed by atoms with Crippen LogP contribution in [0.3, 0.4) is 0 Å². The fourth-order valence-corrected chi connectivity index (χ4v) is 5.98. The van der Waals surface area contributed by atoms with Gasteiger partial charge in [0.2, 0.25) is 0 Å². The third-order valence-electron chi connectivity index (χ3n) is 8.99. The smallest absolute Gasteiger partial charge is 0.0974 e. The van der Waals surface area contributed by atoms with Crippen molar-refractivity contribution in [1.29, 1.82) is 0 Å². The lowest BCUT2D eigenvalue weighted by Gasteiger charge is -2.27. The number of aliphatic hydroxyl groups excluding tert-OH is 4. The van der Waals surface area contributed by atoms with Crippen LogP contribution in [-0.4, -0.2) is 51.4 Å². The molecule has 0 saturated heterocycles. The normalized spacial score (nSPS) is 14.8. The van der Waals surface area contributed by atoms with Crippen molar-refractivity contribution in [3.8, 4) is 0 Å². The van der Waals surface area contributed by atoms with Crippen molar-refractivity contribution in [3.63, 3.8) is 0 Å². The van der Waals surface area contributed by atoms with Gasteiger partial charge in [-0.05, 0) is 19.3 Å². The van der Waals surface area contributed by atoms with Crippen molar-refractivity contribution in [2.24, 2.45) is 5.73 Å². The summed E-state index contributed by atoms with van der Waals surface area (Å²) in [5.74, 6) is 0. The fraction of sp³-hybridized carbons (Fsp3) is 1.00. The first-order valence-corrected chi connectivity index (χ1v) is 18.4. The van der Waals surface area contributed by atoms with Crippen LogP contribution in [0.25, 0.3) is 0 Å². The standard InChI is InChI=1S/C36H75NO4/c1-2-3-4-5-6-7-8-15-19-22-25-28-31-34(40)36(41)35(37)33(39)30-27-24-21-18-16-13-11-9-10-12-14-17-20-23-26-29-32-38/h33-36,38-41H,2-32,37H2,1H3/t33?,34-,35+,36-/m1/s1. The Morgan fingerprint density at radius 1 is 0.390 bits per heavy atom. The second kappa shape index (κ2) is 32.7. The Balaban J connectivity index is 3.52. The maximum absolute atomic E-state index is 10.4. The molecule has 1 unspecified atom stereocenters. The minimum Gasteiger partial charge on any atom is -0.396 e. The van der Waals surface area contributed by atoms with Gasteiger partial charge in [0.05, 0.1) is 24.4 Å². The van der Waals surface area contributed by atoms with E-state index in [0.717, 1.165) is 32.1 Å². The summed E-state index contributed by atoms with van der Waals surface area (Å²) in [5.41, 5.74) is 6.10. The molecule has 0 rings (SSSR count). The summed E-state index contributed by atoms with van der Waals surface area (Å²) in [4.78, 5) is 0. The predicted octanol–water partition coefficient (Wildman–Crippen LogP) is 9.11. The van der Waals surface area contributed by atoms with Gasteiger partial charge >= 0.3 is 0 Å². The monoisotopic (exact) mass is 586 g/mol. The summed E-state index contributed by atoms with van der Waals surface area (Å²) < 4.78 is 0.